The number of aromatic nitrogens is 1. The molecule has 0 bridgehead atoms. The molecular weight excluding hydrogens is 433 g/mol. The van der Waals surface area contributed by atoms with Gasteiger partial charge in [-0.1, -0.05) is 37.2 Å². The fourth-order valence-electron chi connectivity index (χ4n) is 3.30. The molecule has 0 radical (unpaired) electrons. The Morgan fingerprint density at radius 1 is 1.12 bits per heavy atom. The second-order valence-corrected chi connectivity index (χ2v) is 9.72. The number of carbonyl (C=O) groups excluding carboxylic acids is 1. The van der Waals surface area contributed by atoms with E-state index in [1.165, 1.54) is 26.0 Å². The highest BCUT2D eigenvalue weighted by molar-refractivity contribution is 7.93. The first-order valence-electron chi connectivity index (χ1n) is 10.1. The number of hydrogen-bond donors (Lipinski definition) is 1. The highest BCUT2D eigenvalue weighted by Crippen LogP contribution is 2.29. The molecule has 0 fully saturated rings. The van der Waals surface area contributed by atoms with Crippen LogP contribution in [0.5, 0.6) is 0 Å². The summed E-state index contributed by atoms with van der Waals surface area (Å²) in [5.74, 6) is -0.687. The molecule has 170 valence electrons. The van der Waals surface area contributed by atoms with E-state index in [2.05, 4.69) is 10.5 Å². The van der Waals surface area contributed by atoms with Gasteiger partial charge >= 0.3 is 0 Å². The first kappa shape index (κ1) is 23.5. The van der Waals surface area contributed by atoms with E-state index in [0.29, 0.717) is 11.3 Å². The zero-order chi connectivity index (χ0) is 23.6. The smallest absolute Gasteiger partial charge is 0.270 e. The molecule has 1 heterocycles. The Labute approximate surface area is 187 Å². The predicted molar refractivity (Wildman–Crippen MR) is 121 cm³/mol. The largest absolute Gasteiger partial charge is 0.360 e. The molecule has 0 aliphatic rings. The fraction of sp³-hybridized carbons (Fsp3) is 0.304. The lowest BCUT2D eigenvalue weighted by Gasteiger charge is -2.24. The lowest BCUT2D eigenvalue weighted by Crippen LogP contribution is -2.38. The molecule has 9 heteroatoms. The van der Waals surface area contributed by atoms with Crippen molar-refractivity contribution in [2.75, 3.05) is 16.2 Å². The van der Waals surface area contributed by atoms with Gasteiger partial charge in [-0.15, -0.1) is 0 Å². The molecule has 1 N–H and O–H groups in total. The van der Waals surface area contributed by atoms with Gasteiger partial charge in [-0.2, -0.15) is 0 Å². The monoisotopic (exact) mass is 459 g/mol. The van der Waals surface area contributed by atoms with Crippen LogP contribution in [0.2, 0.25) is 0 Å². The Morgan fingerprint density at radius 3 is 2.31 bits per heavy atom. The molecule has 0 saturated heterocycles. The number of halogens is 1. The molecule has 1 aromatic heterocycles. The van der Waals surface area contributed by atoms with Crippen LogP contribution < -0.4 is 9.62 Å². The Kier molecular flexibility index (Phi) is 6.68. The molecule has 32 heavy (non-hydrogen) atoms. The summed E-state index contributed by atoms with van der Waals surface area (Å²) in [6.45, 7) is 8.19. The summed E-state index contributed by atoms with van der Waals surface area (Å²) in [5, 5.41) is 6.30. The van der Waals surface area contributed by atoms with Crippen molar-refractivity contribution < 1.29 is 22.1 Å². The van der Waals surface area contributed by atoms with E-state index >= 15 is 0 Å². The standard InChI is InChI=1S/C23H26FN3O4S/c1-14(2)18-7-10-20(11-8-18)27(32(29,30)23-16(4)26-31-17(23)5)13-22(28)25-19-9-6-15(3)21(24)12-19/h6-12,14H,13H2,1-5H3,(H,25,28). The average Bonchev–Trinajstić information content (AvgIpc) is 3.07. The zero-order valence-corrected chi connectivity index (χ0v) is 19.5. The molecule has 0 saturated carbocycles. The number of nitrogens with zero attached hydrogens (tertiary/aromatic N) is 2. The van der Waals surface area contributed by atoms with E-state index < -0.39 is 28.3 Å². The maximum atomic E-state index is 13.8. The van der Waals surface area contributed by atoms with Crippen molar-refractivity contribution in [3.8, 4) is 0 Å². The number of rotatable bonds is 7. The second-order valence-electron chi connectivity index (χ2n) is 7.92. The van der Waals surface area contributed by atoms with Gasteiger partial charge in [0.15, 0.2) is 10.7 Å². The summed E-state index contributed by atoms with van der Waals surface area (Å²) < 4.78 is 47.0. The third-order valence-electron chi connectivity index (χ3n) is 5.11. The number of amides is 1. The third kappa shape index (κ3) is 4.83. The number of hydrogen-bond acceptors (Lipinski definition) is 5. The third-order valence-corrected chi connectivity index (χ3v) is 7.13. The van der Waals surface area contributed by atoms with Crippen molar-refractivity contribution in [3.63, 3.8) is 0 Å². The van der Waals surface area contributed by atoms with Crippen molar-refractivity contribution in [2.24, 2.45) is 0 Å². The highest BCUT2D eigenvalue weighted by Gasteiger charge is 2.33. The van der Waals surface area contributed by atoms with Gasteiger partial charge in [0.25, 0.3) is 10.0 Å². The molecule has 3 aromatic rings. The van der Waals surface area contributed by atoms with Crippen molar-refractivity contribution in [1.29, 1.82) is 0 Å². The van der Waals surface area contributed by atoms with Crippen LogP contribution in [0.3, 0.4) is 0 Å². The summed E-state index contributed by atoms with van der Waals surface area (Å²) in [5.41, 5.74) is 2.23. The zero-order valence-electron chi connectivity index (χ0n) is 18.6. The van der Waals surface area contributed by atoms with E-state index in [1.807, 2.05) is 26.0 Å². The number of carbonyl (C=O) groups is 1. The Bertz CT molecular complexity index is 1220. The van der Waals surface area contributed by atoms with Crippen molar-refractivity contribution in [1.82, 2.24) is 5.16 Å². The van der Waals surface area contributed by atoms with Gasteiger partial charge in [-0.25, -0.2) is 12.8 Å². The van der Waals surface area contributed by atoms with Gasteiger partial charge in [0, 0.05) is 5.69 Å². The molecule has 0 unspecified atom stereocenters. The number of benzene rings is 2. The Morgan fingerprint density at radius 2 is 1.78 bits per heavy atom. The highest BCUT2D eigenvalue weighted by atomic mass is 32.2. The van der Waals surface area contributed by atoms with Crippen molar-refractivity contribution in [3.05, 3.63) is 70.9 Å². The molecule has 0 aliphatic carbocycles. The first-order chi connectivity index (χ1) is 15.0. The van der Waals surface area contributed by atoms with E-state index in [4.69, 9.17) is 4.52 Å². The lowest BCUT2D eigenvalue weighted by molar-refractivity contribution is -0.114. The number of sulfonamides is 1. The van der Waals surface area contributed by atoms with Crippen LogP contribution in [0.15, 0.2) is 51.9 Å². The molecule has 0 aliphatic heterocycles. The van der Waals surface area contributed by atoms with Crippen molar-refractivity contribution >= 4 is 27.3 Å². The van der Waals surface area contributed by atoms with E-state index in [9.17, 15) is 17.6 Å². The summed E-state index contributed by atoms with van der Waals surface area (Å²) in [4.78, 5) is 12.7. The molecule has 0 spiro atoms. The number of nitrogens with one attached hydrogen (secondary N) is 1. The quantitative estimate of drug-likeness (QED) is 0.553. The minimum atomic E-state index is -4.17. The van der Waals surface area contributed by atoms with Crippen LogP contribution in [0.1, 0.15) is 42.3 Å². The summed E-state index contributed by atoms with van der Waals surface area (Å²) in [6, 6.07) is 11.2. The first-order valence-corrected chi connectivity index (χ1v) is 11.6. The Balaban J connectivity index is 1.98. The average molecular weight is 460 g/mol. The number of anilines is 2. The maximum Gasteiger partial charge on any atom is 0.270 e. The maximum absolute atomic E-state index is 13.8. The van der Waals surface area contributed by atoms with Crippen LogP contribution in [-0.2, 0) is 14.8 Å². The molecule has 7 nitrogen and oxygen atoms in total. The van der Waals surface area contributed by atoms with Crippen LogP contribution >= 0.6 is 0 Å². The minimum absolute atomic E-state index is 0.0837. The van der Waals surface area contributed by atoms with Gasteiger partial charge in [-0.3, -0.25) is 9.10 Å². The van der Waals surface area contributed by atoms with Gasteiger partial charge in [0.05, 0.1) is 5.69 Å². The van der Waals surface area contributed by atoms with Crippen molar-refractivity contribution in [2.45, 2.75) is 45.4 Å². The fourth-order valence-corrected chi connectivity index (χ4v) is 5.01. The molecule has 1 amide bonds. The summed E-state index contributed by atoms with van der Waals surface area (Å²) in [7, 11) is -4.17. The number of aryl methyl sites for hydroxylation is 3. The Hall–Kier alpha value is -3.20. The van der Waals surface area contributed by atoms with E-state index in [0.717, 1.165) is 9.87 Å². The van der Waals surface area contributed by atoms with Crippen LogP contribution in [-0.4, -0.2) is 26.0 Å². The van der Waals surface area contributed by atoms with Crippen LogP contribution in [0, 0.1) is 26.6 Å². The summed E-state index contributed by atoms with van der Waals surface area (Å²) in [6.07, 6.45) is 0. The molecular formula is C23H26FN3O4S. The van der Waals surface area contributed by atoms with Gasteiger partial charge < -0.3 is 9.84 Å². The van der Waals surface area contributed by atoms with Gasteiger partial charge in [-0.05, 0) is 62.1 Å². The normalized spacial score (nSPS) is 11.6. The molecule has 0 atom stereocenters. The van der Waals surface area contributed by atoms with E-state index in [1.54, 1.807) is 25.1 Å². The van der Waals surface area contributed by atoms with E-state index in [-0.39, 0.29) is 28.0 Å². The van der Waals surface area contributed by atoms with Gasteiger partial charge in [0.2, 0.25) is 5.91 Å². The molecule has 2 aromatic carbocycles. The van der Waals surface area contributed by atoms with Crippen LogP contribution in [0.4, 0.5) is 15.8 Å². The van der Waals surface area contributed by atoms with Gasteiger partial charge in [0.1, 0.15) is 18.1 Å². The van der Waals surface area contributed by atoms with Crippen LogP contribution in [0.25, 0.3) is 0 Å². The predicted octanol–water partition coefficient (Wildman–Crippen LogP) is 4.70. The lowest BCUT2D eigenvalue weighted by atomic mass is 10.0. The SMILES string of the molecule is Cc1ccc(NC(=O)CN(c2ccc(C(C)C)cc2)S(=O)(=O)c2c(C)noc2C)cc1F. The molecule has 3 rings (SSSR count). The second kappa shape index (κ2) is 9.12. The topological polar surface area (TPSA) is 92.5 Å². The minimum Gasteiger partial charge on any atom is -0.360 e. The summed E-state index contributed by atoms with van der Waals surface area (Å²) >= 11 is 0.